The third kappa shape index (κ3) is 4.79. The zero-order valence-electron chi connectivity index (χ0n) is 13.4. The summed E-state index contributed by atoms with van der Waals surface area (Å²) in [5, 5.41) is 13.0. The minimum absolute atomic E-state index is 0. The number of aliphatic carboxylic acids is 1. The van der Waals surface area contributed by atoms with E-state index in [1.165, 1.54) is 0 Å². The first-order valence-electron chi connectivity index (χ1n) is 8.05. The van der Waals surface area contributed by atoms with Gasteiger partial charge in [0.05, 0.1) is 5.92 Å². The number of halogens is 1. The summed E-state index contributed by atoms with van der Waals surface area (Å²) in [6, 6.07) is 9.78. The van der Waals surface area contributed by atoms with E-state index >= 15 is 0 Å². The molecule has 0 spiro atoms. The molecule has 1 aliphatic heterocycles. The Bertz CT molecular complexity index is 640. The lowest BCUT2D eigenvalue weighted by atomic mass is 9.97. The summed E-state index contributed by atoms with van der Waals surface area (Å²) in [7, 11) is 0. The molecule has 1 aliphatic rings. The number of carbonyl (C=O) groups is 1. The zero-order chi connectivity index (χ0) is 16.1. The van der Waals surface area contributed by atoms with E-state index in [2.05, 4.69) is 15.0 Å². The van der Waals surface area contributed by atoms with Crippen molar-refractivity contribution in [1.29, 1.82) is 0 Å². The van der Waals surface area contributed by atoms with Gasteiger partial charge in [-0.05, 0) is 38.9 Å². The number of carboxylic acids is 1. The monoisotopic (exact) mass is 351 g/mol. The van der Waals surface area contributed by atoms with Crippen LogP contribution in [0.2, 0.25) is 0 Å². The lowest BCUT2D eigenvalue weighted by molar-refractivity contribution is -0.143. The maximum Gasteiger partial charge on any atom is 0.306 e. The molecule has 1 aromatic heterocycles. The highest BCUT2D eigenvalue weighted by atomic mass is 35.5. The van der Waals surface area contributed by atoms with Crippen molar-refractivity contribution in [2.24, 2.45) is 5.92 Å². The molecular weight excluding hydrogens is 330 g/mol. The number of hydrogen-bond acceptors (Lipinski definition) is 5. The molecule has 2 heterocycles. The molecule has 0 bridgehead atoms. The second-order valence-electron chi connectivity index (χ2n) is 5.94. The van der Waals surface area contributed by atoms with Crippen LogP contribution in [0.4, 0.5) is 0 Å². The van der Waals surface area contributed by atoms with Gasteiger partial charge < -0.3 is 14.5 Å². The van der Waals surface area contributed by atoms with E-state index in [1.54, 1.807) is 0 Å². The molecule has 2 aromatic rings. The average Bonchev–Trinajstić information content (AvgIpc) is 3.05. The van der Waals surface area contributed by atoms with E-state index in [1.807, 2.05) is 30.3 Å². The molecule has 7 heteroatoms. The molecule has 130 valence electrons. The second kappa shape index (κ2) is 8.80. The van der Waals surface area contributed by atoms with Crippen LogP contribution in [-0.2, 0) is 11.2 Å². The summed E-state index contributed by atoms with van der Waals surface area (Å²) < 4.78 is 5.30. The topological polar surface area (TPSA) is 79.5 Å². The van der Waals surface area contributed by atoms with Crippen LogP contribution in [0.25, 0.3) is 11.4 Å². The summed E-state index contributed by atoms with van der Waals surface area (Å²) in [5.41, 5.74) is 0.957. The number of benzene rings is 1. The van der Waals surface area contributed by atoms with Gasteiger partial charge in [-0.3, -0.25) is 4.79 Å². The fraction of sp³-hybridized carbons (Fsp3) is 0.471. The van der Waals surface area contributed by atoms with Crippen LogP contribution in [0.5, 0.6) is 0 Å². The van der Waals surface area contributed by atoms with E-state index in [0.29, 0.717) is 11.7 Å². The van der Waals surface area contributed by atoms with E-state index in [9.17, 15) is 4.79 Å². The Morgan fingerprint density at radius 2 is 1.96 bits per heavy atom. The van der Waals surface area contributed by atoms with E-state index in [0.717, 1.165) is 50.9 Å². The molecule has 0 unspecified atom stereocenters. The van der Waals surface area contributed by atoms with Crippen molar-refractivity contribution >= 4 is 18.4 Å². The fourth-order valence-electron chi connectivity index (χ4n) is 2.92. The molecule has 0 saturated carbocycles. The van der Waals surface area contributed by atoms with Gasteiger partial charge in [-0.2, -0.15) is 4.98 Å². The van der Waals surface area contributed by atoms with Gasteiger partial charge in [0.2, 0.25) is 11.7 Å². The molecule has 0 radical (unpaired) electrons. The first-order valence-corrected chi connectivity index (χ1v) is 8.05. The van der Waals surface area contributed by atoms with Gasteiger partial charge in [-0.1, -0.05) is 35.5 Å². The largest absolute Gasteiger partial charge is 0.481 e. The number of carboxylic acid groups (broad SMARTS) is 1. The quantitative estimate of drug-likeness (QED) is 0.862. The third-order valence-electron chi connectivity index (χ3n) is 4.30. The summed E-state index contributed by atoms with van der Waals surface area (Å²) in [6.45, 7) is 2.65. The number of likely N-dealkylation sites (tertiary alicyclic amines) is 1. The van der Waals surface area contributed by atoms with Crippen molar-refractivity contribution < 1.29 is 14.4 Å². The third-order valence-corrected chi connectivity index (χ3v) is 4.30. The van der Waals surface area contributed by atoms with E-state index in [4.69, 9.17) is 9.63 Å². The first-order chi connectivity index (χ1) is 11.2. The molecule has 0 aliphatic carbocycles. The highest BCUT2D eigenvalue weighted by molar-refractivity contribution is 5.85. The Morgan fingerprint density at radius 1 is 1.25 bits per heavy atom. The average molecular weight is 352 g/mol. The number of nitrogens with zero attached hydrogens (tertiary/aromatic N) is 3. The van der Waals surface area contributed by atoms with Crippen LogP contribution in [0, 0.1) is 5.92 Å². The Labute approximate surface area is 147 Å². The first kappa shape index (κ1) is 18.4. The Morgan fingerprint density at radius 3 is 2.62 bits per heavy atom. The van der Waals surface area contributed by atoms with Gasteiger partial charge in [0.15, 0.2) is 0 Å². The predicted molar refractivity (Wildman–Crippen MR) is 92.1 cm³/mol. The Balaban J connectivity index is 0.00000208. The lowest BCUT2D eigenvalue weighted by Gasteiger charge is -2.29. The van der Waals surface area contributed by atoms with Crippen molar-refractivity contribution in [3.05, 3.63) is 36.2 Å². The molecule has 1 N–H and O–H groups in total. The Hall–Kier alpha value is -1.92. The number of aryl methyl sites for hydroxylation is 1. The SMILES string of the molecule is Cl.O=C(O)C1CCN(CCCc2nc(-c3ccccc3)no2)CC1. The van der Waals surface area contributed by atoms with Crippen LogP contribution in [0.1, 0.15) is 25.2 Å². The number of piperidine rings is 1. The molecular formula is C17H22ClN3O3. The lowest BCUT2D eigenvalue weighted by Crippen LogP contribution is -2.36. The second-order valence-corrected chi connectivity index (χ2v) is 5.94. The summed E-state index contributed by atoms with van der Waals surface area (Å²) in [4.78, 5) is 17.7. The highest BCUT2D eigenvalue weighted by Gasteiger charge is 2.24. The molecule has 1 aromatic carbocycles. The van der Waals surface area contributed by atoms with Gasteiger partial charge in [0, 0.05) is 12.0 Å². The van der Waals surface area contributed by atoms with Gasteiger partial charge in [-0.15, -0.1) is 12.4 Å². The molecule has 3 rings (SSSR count). The van der Waals surface area contributed by atoms with Gasteiger partial charge in [-0.25, -0.2) is 0 Å². The molecule has 24 heavy (non-hydrogen) atoms. The summed E-state index contributed by atoms with van der Waals surface area (Å²) in [5.74, 6) is 0.451. The number of rotatable bonds is 6. The predicted octanol–water partition coefficient (Wildman–Crippen LogP) is 2.89. The zero-order valence-corrected chi connectivity index (χ0v) is 14.2. The van der Waals surface area contributed by atoms with Crippen molar-refractivity contribution in [3.63, 3.8) is 0 Å². The smallest absolute Gasteiger partial charge is 0.306 e. The van der Waals surface area contributed by atoms with Gasteiger partial charge in [0.25, 0.3) is 0 Å². The highest BCUT2D eigenvalue weighted by Crippen LogP contribution is 2.18. The van der Waals surface area contributed by atoms with Crippen LogP contribution in [-0.4, -0.2) is 45.8 Å². The number of hydrogen-bond donors (Lipinski definition) is 1. The number of aromatic nitrogens is 2. The van der Waals surface area contributed by atoms with Crippen LogP contribution in [0.15, 0.2) is 34.9 Å². The molecule has 1 fully saturated rings. The minimum Gasteiger partial charge on any atom is -0.481 e. The van der Waals surface area contributed by atoms with E-state index in [-0.39, 0.29) is 18.3 Å². The minimum atomic E-state index is -0.663. The van der Waals surface area contributed by atoms with Crippen LogP contribution in [0.3, 0.4) is 0 Å². The van der Waals surface area contributed by atoms with Crippen molar-refractivity contribution in [2.75, 3.05) is 19.6 Å². The standard InChI is InChI=1S/C17H21N3O3.ClH/c21-17(22)14-8-11-20(12-9-14)10-4-7-15-18-16(19-23-15)13-5-2-1-3-6-13;/h1-3,5-6,14H,4,7-12H2,(H,21,22);1H. The molecule has 1 saturated heterocycles. The Kier molecular flexibility index (Phi) is 6.75. The molecule has 0 amide bonds. The van der Waals surface area contributed by atoms with Crippen molar-refractivity contribution in [2.45, 2.75) is 25.7 Å². The maximum atomic E-state index is 10.9. The normalized spacial score (nSPS) is 15.8. The van der Waals surface area contributed by atoms with E-state index < -0.39 is 5.97 Å². The van der Waals surface area contributed by atoms with Gasteiger partial charge >= 0.3 is 5.97 Å². The summed E-state index contributed by atoms with van der Waals surface area (Å²) in [6.07, 6.45) is 3.18. The van der Waals surface area contributed by atoms with Crippen molar-refractivity contribution in [3.8, 4) is 11.4 Å². The molecule has 0 atom stereocenters. The van der Waals surface area contributed by atoms with Crippen molar-refractivity contribution in [1.82, 2.24) is 15.0 Å². The van der Waals surface area contributed by atoms with Gasteiger partial charge in [0.1, 0.15) is 0 Å². The maximum absolute atomic E-state index is 10.9. The van der Waals surface area contributed by atoms with Crippen LogP contribution < -0.4 is 0 Å². The summed E-state index contributed by atoms with van der Waals surface area (Å²) >= 11 is 0. The molecule has 6 nitrogen and oxygen atoms in total. The fourth-order valence-corrected chi connectivity index (χ4v) is 2.92. The van der Waals surface area contributed by atoms with Crippen LogP contribution >= 0.6 is 12.4 Å².